The molecule has 1 aliphatic rings. The van der Waals surface area contributed by atoms with Crippen LogP contribution in [0, 0.1) is 0 Å². The van der Waals surface area contributed by atoms with Gasteiger partial charge in [0.05, 0.1) is 5.69 Å². The van der Waals surface area contributed by atoms with Gasteiger partial charge in [-0.1, -0.05) is 38.6 Å². The molecule has 1 aliphatic heterocycles. The second-order valence-corrected chi connectivity index (χ2v) is 5.89. The van der Waals surface area contributed by atoms with E-state index in [1.807, 2.05) is 0 Å². The van der Waals surface area contributed by atoms with Crippen molar-refractivity contribution in [3.63, 3.8) is 0 Å². The first kappa shape index (κ1) is 10.6. The van der Waals surface area contributed by atoms with Crippen molar-refractivity contribution in [1.82, 2.24) is 0 Å². The smallest absolute Gasteiger partial charge is 0.0545 e. The maximum Gasteiger partial charge on any atom is 0.0545 e. The first-order valence-electron chi connectivity index (χ1n) is 5.19. The molecule has 0 aromatic heterocycles. The summed E-state index contributed by atoms with van der Waals surface area (Å²) in [5.41, 5.74) is 2.93. The lowest BCUT2D eigenvalue weighted by molar-refractivity contribution is 0.588. The minimum absolute atomic E-state index is 0.231. The summed E-state index contributed by atoms with van der Waals surface area (Å²) in [5, 5.41) is 2.13. The molecule has 0 saturated heterocycles. The Morgan fingerprint density at radius 3 is 2.60 bits per heavy atom. The highest BCUT2D eigenvalue weighted by Crippen LogP contribution is 2.37. The van der Waals surface area contributed by atoms with Crippen LogP contribution < -0.4 is 4.90 Å². The fraction of sp³-hybridized carbons (Fsp3) is 0.385. The quantitative estimate of drug-likeness (QED) is 0.649. The summed E-state index contributed by atoms with van der Waals surface area (Å²) >= 11 is 1.80. The molecule has 0 bridgehead atoms. The summed E-state index contributed by atoms with van der Waals surface area (Å²) < 4.78 is 0. The average molecular weight is 219 g/mol. The van der Waals surface area contributed by atoms with E-state index in [2.05, 4.69) is 62.5 Å². The van der Waals surface area contributed by atoms with Gasteiger partial charge in [0.25, 0.3) is 0 Å². The number of thioether (sulfide) groups is 1. The summed E-state index contributed by atoms with van der Waals surface area (Å²) in [4.78, 5) is 3.52. The van der Waals surface area contributed by atoms with Crippen LogP contribution >= 0.6 is 11.8 Å². The van der Waals surface area contributed by atoms with Crippen molar-refractivity contribution in [3.8, 4) is 0 Å². The molecule has 0 aliphatic carbocycles. The second-order valence-electron chi connectivity index (χ2n) is 4.95. The topological polar surface area (TPSA) is 3.24 Å². The molecular formula is C13H17NS. The van der Waals surface area contributed by atoms with E-state index in [0.717, 1.165) is 0 Å². The van der Waals surface area contributed by atoms with Gasteiger partial charge in [0.1, 0.15) is 0 Å². The standard InChI is InChI=1S/C13H17NS/c1-13(2,3)10-5-6-11-12(9-10)15-8-7-14(11)4/h5-9H,1-4H3. The highest BCUT2D eigenvalue weighted by molar-refractivity contribution is 8.02. The number of fused-ring (bicyclic) bond motifs is 1. The van der Waals surface area contributed by atoms with Crippen molar-refractivity contribution in [3.05, 3.63) is 35.4 Å². The van der Waals surface area contributed by atoms with Gasteiger partial charge in [0.15, 0.2) is 0 Å². The molecule has 0 fully saturated rings. The minimum atomic E-state index is 0.231. The Hall–Kier alpha value is -0.890. The Morgan fingerprint density at radius 1 is 1.20 bits per heavy atom. The summed E-state index contributed by atoms with van der Waals surface area (Å²) in [5.74, 6) is 0. The largest absolute Gasteiger partial charge is 0.350 e. The fourth-order valence-electron chi connectivity index (χ4n) is 1.64. The molecule has 0 saturated carbocycles. The van der Waals surface area contributed by atoms with Crippen LogP contribution in [-0.2, 0) is 5.41 Å². The van der Waals surface area contributed by atoms with Gasteiger partial charge in [0.2, 0.25) is 0 Å². The van der Waals surface area contributed by atoms with Gasteiger partial charge < -0.3 is 4.90 Å². The number of anilines is 1. The Morgan fingerprint density at radius 2 is 1.93 bits per heavy atom. The zero-order valence-corrected chi connectivity index (χ0v) is 10.6. The Kier molecular flexibility index (Phi) is 2.55. The van der Waals surface area contributed by atoms with Crippen molar-refractivity contribution in [2.24, 2.45) is 0 Å². The molecule has 1 aromatic rings. The predicted molar refractivity (Wildman–Crippen MR) is 68.5 cm³/mol. The molecule has 0 N–H and O–H groups in total. The van der Waals surface area contributed by atoms with E-state index < -0.39 is 0 Å². The highest BCUT2D eigenvalue weighted by atomic mass is 32.2. The van der Waals surface area contributed by atoms with Gasteiger partial charge >= 0.3 is 0 Å². The Balaban J connectivity index is 2.45. The van der Waals surface area contributed by atoms with Crippen LogP contribution in [0.4, 0.5) is 5.69 Å². The summed E-state index contributed by atoms with van der Waals surface area (Å²) in [6, 6.07) is 6.75. The van der Waals surface area contributed by atoms with Gasteiger partial charge in [-0.25, -0.2) is 0 Å². The van der Waals surface area contributed by atoms with Crippen molar-refractivity contribution in [2.45, 2.75) is 31.1 Å². The van der Waals surface area contributed by atoms with Gasteiger partial charge in [-0.15, -0.1) is 0 Å². The van der Waals surface area contributed by atoms with E-state index in [4.69, 9.17) is 0 Å². The van der Waals surface area contributed by atoms with E-state index in [0.29, 0.717) is 0 Å². The maximum absolute atomic E-state index is 2.31. The van der Waals surface area contributed by atoms with Gasteiger partial charge in [-0.2, -0.15) is 0 Å². The second kappa shape index (κ2) is 3.60. The molecule has 0 spiro atoms. The highest BCUT2D eigenvalue weighted by Gasteiger charge is 2.17. The van der Waals surface area contributed by atoms with Gasteiger partial charge in [0, 0.05) is 18.1 Å². The van der Waals surface area contributed by atoms with Crippen molar-refractivity contribution in [1.29, 1.82) is 0 Å². The van der Waals surface area contributed by atoms with E-state index >= 15 is 0 Å². The van der Waals surface area contributed by atoms with Crippen LogP contribution in [0.25, 0.3) is 0 Å². The molecule has 15 heavy (non-hydrogen) atoms. The molecule has 0 amide bonds. The van der Waals surface area contributed by atoms with E-state index in [1.165, 1.54) is 16.1 Å². The first-order valence-corrected chi connectivity index (χ1v) is 6.07. The zero-order chi connectivity index (χ0) is 11.1. The number of nitrogens with zero attached hydrogens (tertiary/aromatic N) is 1. The van der Waals surface area contributed by atoms with Crippen LogP contribution in [0.15, 0.2) is 34.7 Å². The van der Waals surface area contributed by atoms with E-state index in [-0.39, 0.29) is 5.41 Å². The molecule has 0 atom stereocenters. The molecule has 0 unspecified atom stereocenters. The van der Waals surface area contributed by atoms with Crippen LogP contribution in [-0.4, -0.2) is 7.05 Å². The third-order valence-corrected chi connectivity index (χ3v) is 3.52. The molecule has 0 radical (unpaired) electrons. The van der Waals surface area contributed by atoms with Crippen LogP contribution in [0.3, 0.4) is 0 Å². The van der Waals surface area contributed by atoms with Crippen LogP contribution in [0.5, 0.6) is 0 Å². The number of benzene rings is 1. The third kappa shape index (κ3) is 2.05. The average Bonchev–Trinajstić information content (AvgIpc) is 2.16. The molecule has 2 heteroatoms. The van der Waals surface area contributed by atoms with Crippen molar-refractivity contribution in [2.75, 3.05) is 11.9 Å². The Bertz CT molecular complexity index is 401. The fourth-order valence-corrected chi connectivity index (χ4v) is 2.56. The zero-order valence-electron chi connectivity index (χ0n) is 9.74. The molecular weight excluding hydrogens is 202 g/mol. The van der Waals surface area contributed by atoms with Gasteiger partial charge in [-0.05, 0) is 28.5 Å². The number of hydrogen-bond acceptors (Lipinski definition) is 2. The van der Waals surface area contributed by atoms with E-state index in [1.54, 1.807) is 11.8 Å². The lowest BCUT2D eigenvalue weighted by Gasteiger charge is -2.25. The number of rotatable bonds is 0. The van der Waals surface area contributed by atoms with Gasteiger partial charge in [-0.3, -0.25) is 0 Å². The Labute approximate surface area is 96.2 Å². The number of hydrogen-bond donors (Lipinski definition) is 0. The molecule has 1 aromatic carbocycles. The summed E-state index contributed by atoms with van der Waals surface area (Å²) in [6.07, 6.45) is 2.10. The normalized spacial score (nSPS) is 15.3. The summed E-state index contributed by atoms with van der Waals surface area (Å²) in [6.45, 7) is 6.76. The lowest BCUT2D eigenvalue weighted by atomic mass is 9.87. The first-order chi connectivity index (χ1) is 6.98. The molecule has 2 rings (SSSR count). The van der Waals surface area contributed by atoms with Crippen LogP contribution in [0.1, 0.15) is 26.3 Å². The third-order valence-electron chi connectivity index (χ3n) is 2.69. The lowest BCUT2D eigenvalue weighted by Crippen LogP contribution is -2.14. The maximum atomic E-state index is 2.31. The van der Waals surface area contributed by atoms with Crippen LogP contribution in [0.2, 0.25) is 0 Å². The minimum Gasteiger partial charge on any atom is -0.350 e. The monoisotopic (exact) mass is 219 g/mol. The molecule has 1 heterocycles. The summed E-state index contributed by atoms with van der Waals surface area (Å²) in [7, 11) is 2.09. The van der Waals surface area contributed by atoms with Crippen molar-refractivity contribution < 1.29 is 0 Å². The molecule has 1 nitrogen and oxygen atoms in total. The van der Waals surface area contributed by atoms with E-state index in [9.17, 15) is 0 Å². The predicted octanol–water partition coefficient (Wildman–Crippen LogP) is 4.00. The molecule has 80 valence electrons. The van der Waals surface area contributed by atoms with Crippen molar-refractivity contribution >= 4 is 17.4 Å². The SMILES string of the molecule is CN1C=CSc2cc(C(C)(C)C)ccc21.